The van der Waals surface area contributed by atoms with Crippen LogP contribution in [-0.4, -0.2) is 27.5 Å². The second-order valence-corrected chi connectivity index (χ2v) is 6.40. The van der Waals surface area contributed by atoms with Crippen molar-refractivity contribution >= 4 is 22.4 Å². The fourth-order valence-corrected chi connectivity index (χ4v) is 3.70. The van der Waals surface area contributed by atoms with Crippen molar-refractivity contribution in [3.8, 4) is 0 Å². The first-order valence-corrected chi connectivity index (χ1v) is 7.57. The first kappa shape index (κ1) is 17.3. The molecule has 1 fully saturated rings. The van der Waals surface area contributed by atoms with Gasteiger partial charge in [-0.25, -0.2) is 21.9 Å². The Morgan fingerprint density at radius 1 is 1.30 bits per heavy atom. The third kappa shape index (κ3) is 3.66. The summed E-state index contributed by atoms with van der Waals surface area (Å²) in [6.45, 7) is 3.24. The van der Waals surface area contributed by atoms with Crippen molar-refractivity contribution in [2.24, 2.45) is 5.92 Å². The highest BCUT2D eigenvalue weighted by atomic mass is 35.5. The molecule has 0 amide bonds. The summed E-state index contributed by atoms with van der Waals surface area (Å²) in [5, 5.41) is 3.13. The van der Waals surface area contributed by atoms with Crippen LogP contribution in [0.2, 0.25) is 0 Å². The molecule has 4 nitrogen and oxygen atoms in total. The Morgan fingerprint density at radius 3 is 2.45 bits per heavy atom. The third-order valence-electron chi connectivity index (χ3n) is 3.28. The largest absolute Gasteiger partial charge is 0.316 e. The molecule has 1 aromatic rings. The maximum atomic E-state index is 13.5. The van der Waals surface area contributed by atoms with E-state index in [1.165, 1.54) is 0 Å². The lowest BCUT2D eigenvalue weighted by molar-refractivity contribution is 0.327. The van der Waals surface area contributed by atoms with Gasteiger partial charge in [0.25, 0.3) is 0 Å². The number of rotatable bonds is 3. The second-order valence-electron chi connectivity index (χ2n) is 4.75. The van der Waals surface area contributed by atoms with Gasteiger partial charge in [0.1, 0.15) is 11.6 Å². The van der Waals surface area contributed by atoms with Crippen LogP contribution in [0.3, 0.4) is 0 Å². The molecule has 0 bridgehead atoms. The topological polar surface area (TPSA) is 58.2 Å². The molecule has 1 saturated heterocycles. The van der Waals surface area contributed by atoms with Gasteiger partial charge in [0.15, 0.2) is 4.90 Å². The minimum absolute atomic E-state index is 0. The van der Waals surface area contributed by atoms with Crippen molar-refractivity contribution in [3.63, 3.8) is 0 Å². The number of nitrogens with one attached hydrogen (secondary N) is 2. The van der Waals surface area contributed by atoms with E-state index in [4.69, 9.17) is 0 Å². The molecule has 0 radical (unpaired) electrons. The van der Waals surface area contributed by atoms with Crippen molar-refractivity contribution in [3.05, 3.63) is 29.8 Å². The summed E-state index contributed by atoms with van der Waals surface area (Å²) >= 11 is 0. The minimum Gasteiger partial charge on any atom is -0.316 e. The van der Waals surface area contributed by atoms with Gasteiger partial charge in [-0.05, 0) is 37.6 Å². The highest BCUT2D eigenvalue weighted by Gasteiger charge is 2.30. The van der Waals surface area contributed by atoms with Gasteiger partial charge in [-0.15, -0.1) is 12.4 Å². The van der Waals surface area contributed by atoms with Crippen LogP contribution in [0.4, 0.5) is 8.78 Å². The average molecular weight is 327 g/mol. The van der Waals surface area contributed by atoms with Crippen LogP contribution in [0.5, 0.6) is 0 Å². The number of hydrogen-bond donors (Lipinski definition) is 2. The third-order valence-corrected chi connectivity index (χ3v) is 4.82. The zero-order valence-corrected chi connectivity index (χ0v) is 12.5. The molecule has 114 valence electrons. The van der Waals surface area contributed by atoms with Gasteiger partial charge in [0, 0.05) is 6.04 Å². The standard InChI is InChI=1S/C12H16F2N2O2S.ClH/c1-8-7-15-6-5-11(8)16-19(17,18)12-9(13)3-2-4-10(12)14;/h2-4,8,11,15-16H,5-7H2,1H3;1H. The number of benzene rings is 1. The zero-order chi connectivity index (χ0) is 14.0. The highest BCUT2D eigenvalue weighted by Crippen LogP contribution is 2.20. The van der Waals surface area contributed by atoms with Crippen molar-refractivity contribution in [1.82, 2.24) is 10.0 Å². The molecule has 20 heavy (non-hydrogen) atoms. The van der Waals surface area contributed by atoms with E-state index in [9.17, 15) is 17.2 Å². The van der Waals surface area contributed by atoms with Crippen LogP contribution in [0.25, 0.3) is 0 Å². The molecule has 2 N–H and O–H groups in total. The van der Waals surface area contributed by atoms with E-state index in [2.05, 4.69) is 10.0 Å². The molecule has 0 aromatic heterocycles. The Labute approximate surface area is 123 Å². The second kappa shape index (κ2) is 6.80. The molecule has 0 saturated carbocycles. The SMILES string of the molecule is CC1CNCCC1NS(=O)(=O)c1c(F)cccc1F.Cl. The van der Waals surface area contributed by atoms with Crippen molar-refractivity contribution in [2.75, 3.05) is 13.1 Å². The highest BCUT2D eigenvalue weighted by molar-refractivity contribution is 7.89. The predicted molar refractivity (Wildman–Crippen MR) is 74.4 cm³/mol. The number of halogens is 3. The average Bonchev–Trinajstić information content (AvgIpc) is 2.31. The van der Waals surface area contributed by atoms with E-state index in [0.717, 1.165) is 18.2 Å². The van der Waals surface area contributed by atoms with Crippen LogP contribution >= 0.6 is 12.4 Å². The van der Waals surface area contributed by atoms with Gasteiger partial charge in [-0.3, -0.25) is 0 Å². The monoisotopic (exact) mass is 326 g/mol. The van der Waals surface area contributed by atoms with Gasteiger partial charge in [0.05, 0.1) is 0 Å². The molecule has 2 unspecified atom stereocenters. The molecule has 1 aromatic carbocycles. The van der Waals surface area contributed by atoms with Gasteiger partial charge in [-0.1, -0.05) is 13.0 Å². The molecule has 1 aliphatic heterocycles. The maximum Gasteiger partial charge on any atom is 0.246 e. The Bertz CT molecular complexity index is 548. The number of piperidine rings is 1. The van der Waals surface area contributed by atoms with E-state index in [1.54, 1.807) is 0 Å². The summed E-state index contributed by atoms with van der Waals surface area (Å²) in [6.07, 6.45) is 0.594. The van der Waals surface area contributed by atoms with Crippen LogP contribution < -0.4 is 10.0 Å². The quantitative estimate of drug-likeness (QED) is 0.888. The lowest BCUT2D eigenvalue weighted by Gasteiger charge is -2.30. The van der Waals surface area contributed by atoms with Crippen molar-refractivity contribution < 1.29 is 17.2 Å². The molecular weight excluding hydrogens is 310 g/mol. The van der Waals surface area contributed by atoms with Gasteiger partial charge >= 0.3 is 0 Å². The Balaban J connectivity index is 0.00000200. The molecule has 0 spiro atoms. The van der Waals surface area contributed by atoms with Crippen LogP contribution in [-0.2, 0) is 10.0 Å². The fourth-order valence-electron chi connectivity index (χ4n) is 2.19. The van der Waals surface area contributed by atoms with E-state index >= 15 is 0 Å². The summed E-state index contributed by atoms with van der Waals surface area (Å²) < 4.78 is 53.6. The van der Waals surface area contributed by atoms with Crippen LogP contribution in [0, 0.1) is 17.6 Å². The Morgan fingerprint density at radius 2 is 1.90 bits per heavy atom. The molecule has 1 aliphatic rings. The minimum atomic E-state index is -4.18. The molecular formula is C12H17ClF2N2O2S. The van der Waals surface area contributed by atoms with Crippen LogP contribution in [0.1, 0.15) is 13.3 Å². The van der Waals surface area contributed by atoms with E-state index in [1.807, 2.05) is 6.92 Å². The Kier molecular flexibility index (Phi) is 5.88. The molecule has 2 atom stereocenters. The van der Waals surface area contributed by atoms with Crippen molar-refractivity contribution in [2.45, 2.75) is 24.3 Å². The van der Waals surface area contributed by atoms with E-state index in [-0.39, 0.29) is 24.4 Å². The molecule has 1 heterocycles. The molecule has 0 aliphatic carbocycles. The van der Waals surface area contributed by atoms with E-state index in [0.29, 0.717) is 19.5 Å². The Hall–Kier alpha value is -0.760. The number of hydrogen-bond acceptors (Lipinski definition) is 3. The summed E-state index contributed by atoms with van der Waals surface area (Å²) in [5.74, 6) is -2.08. The van der Waals surface area contributed by atoms with Crippen molar-refractivity contribution in [1.29, 1.82) is 0 Å². The molecule has 2 rings (SSSR count). The normalized spacial score (nSPS) is 23.1. The lowest BCUT2D eigenvalue weighted by atomic mass is 9.97. The van der Waals surface area contributed by atoms with E-state index < -0.39 is 26.6 Å². The maximum absolute atomic E-state index is 13.5. The summed E-state index contributed by atoms with van der Waals surface area (Å²) in [6, 6.07) is 2.69. The van der Waals surface area contributed by atoms with Gasteiger partial charge in [-0.2, -0.15) is 0 Å². The summed E-state index contributed by atoms with van der Waals surface area (Å²) in [4.78, 5) is -0.902. The smallest absolute Gasteiger partial charge is 0.246 e. The lowest BCUT2D eigenvalue weighted by Crippen LogP contribution is -2.48. The first-order chi connectivity index (χ1) is 8.92. The van der Waals surface area contributed by atoms with Gasteiger partial charge in [0.2, 0.25) is 10.0 Å². The van der Waals surface area contributed by atoms with Gasteiger partial charge < -0.3 is 5.32 Å². The zero-order valence-electron chi connectivity index (χ0n) is 10.9. The number of sulfonamides is 1. The summed E-state index contributed by atoms with van der Waals surface area (Å²) in [7, 11) is -4.18. The molecule has 8 heteroatoms. The predicted octanol–water partition coefficient (Wildman–Crippen LogP) is 1.66. The van der Waals surface area contributed by atoms with Crippen LogP contribution in [0.15, 0.2) is 23.1 Å². The first-order valence-electron chi connectivity index (χ1n) is 6.09. The fraction of sp³-hybridized carbons (Fsp3) is 0.500. The summed E-state index contributed by atoms with van der Waals surface area (Å²) in [5.41, 5.74) is 0.